The number of piperidine rings is 2. The summed E-state index contributed by atoms with van der Waals surface area (Å²) in [4.78, 5) is 15.6. The Morgan fingerprint density at radius 1 is 0.853 bits per heavy atom. The topological polar surface area (TPSA) is 77.9 Å². The van der Waals surface area contributed by atoms with Crippen LogP contribution in [0.3, 0.4) is 0 Å². The van der Waals surface area contributed by atoms with E-state index in [9.17, 15) is 18.3 Å². The molecule has 0 bridgehead atoms. The van der Waals surface area contributed by atoms with Gasteiger partial charge in [-0.2, -0.15) is 4.31 Å². The van der Waals surface area contributed by atoms with Gasteiger partial charge in [0.05, 0.1) is 4.90 Å². The molecule has 2 aromatic rings. The van der Waals surface area contributed by atoms with Crippen LogP contribution in [-0.4, -0.2) is 54.8 Å². The highest BCUT2D eigenvalue weighted by atomic mass is 32.2. The molecule has 0 radical (unpaired) electrons. The van der Waals surface area contributed by atoms with Crippen molar-refractivity contribution in [1.82, 2.24) is 9.21 Å². The maximum absolute atomic E-state index is 13.5. The summed E-state index contributed by atoms with van der Waals surface area (Å²) in [6.45, 7) is 9.89. The predicted molar refractivity (Wildman–Crippen MR) is 134 cm³/mol. The molecule has 2 saturated heterocycles. The van der Waals surface area contributed by atoms with Gasteiger partial charge < -0.3 is 10.0 Å². The molecule has 184 valence electrons. The van der Waals surface area contributed by atoms with Gasteiger partial charge in [0, 0.05) is 32.1 Å². The predicted octanol–water partition coefficient (Wildman–Crippen LogP) is 4.43. The van der Waals surface area contributed by atoms with Crippen LogP contribution >= 0.6 is 0 Å². The zero-order chi connectivity index (χ0) is 24.6. The Morgan fingerprint density at radius 2 is 1.38 bits per heavy atom. The van der Waals surface area contributed by atoms with Crippen LogP contribution < -0.4 is 0 Å². The van der Waals surface area contributed by atoms with Crippen molar-refractivity contribution in [3.8, 4) is 5.75 Å². The fourth-order valence-electron chi connectivity index (χ4n) is 5.48. The molecular formula is C27H36N2O4S. The molecule has 0 atom stereocenters. The number of aromatic hydroxyl groups is 1. The summed E-state index contributed by atoms with van der Waals surface area (Å²) in [7, 11) is -3.59. The van der Waals surface area contributed by atoms with E-state index in [1.54, 1.807) is 16.4 Å². The fourth-order valence-corrected chi connectivity index (χ4v) is 7.52. The van der Waals surface area contributed by atoms with Crippen molar-refractivity contribution in [1.29, 1.82) is 0 Å². The van der Waals surface area contributed by atoms with Gasteiger partial charge in [0.15, 0.2) is 0 Å². The van der Waals surface area contributed by atoms with Gasteiger partial charge in [0.2, 0.25) is 15.9 Å². The molecular weight excluding hydrogens is 448 g/mol. The van der Waals surface area contributed by atoms with Gasteiger partial charge in [-0.1, -0.05) is 18.2 Å². The van der Waals surface area contributed by atoms with Gasteiger partial charge in [-0.15, -0.1) is 0 Å². The number of aryl methyl sites for hydroxylation is 2. The number of amides is 1. The van der Waals surface area contributed by atoms with Crippen molar-refractivity contribution in [3.63, 3.8) is 0 Å². The minimum absolute atomic E-state index is 0.113. The van der Waals surface area contributed by atoms with Crippen molar-refractivity contribution in [3.05, 3.63) is 58.1 Å². The number of nitrogens with zero attached hydrogens (tertiary/aromatic N) is 2. The average molecular weight is 485 g/mol. The second-order valence-corrected chi connectivity index (χ2v) is 11.8. The first kappa shape index (κ1) is 24.7. The molecule has 34 heavy (non-hydrogen) atoms. The Kier molecular flexibility index (Phi) is 7.06. The highest BCUT2D eigenvalue weighted by Crippen LogP contribution is 2.33. The highest BCUT2D eigenvalue weighted by Gasteiger charge is 2.36. The number of likely N-dealkylation sites (tertiary alicyclic amines) is 1. The Hall–Kier alpha value is -2.38. The largest absolute Gasteiger partial charge is 0.508 e. The Morgan fingerprint density at radius 3 is 1.91 bits per heavy atom. The van der Waals surface area contributed by atoms with Crippen molar-refractivity contribution in [2.45, 2.75) is 64.2 Å². The molecule has 6 nitrogen and oxygen atoms in total. The third kappa shape index (κ3) is 4.73. The molecule has 0 aromatic heterocycles. The van der Waals surface area contributed by atoms with Crippen LogP contribution in [0.5, 0.6) is 5.75 Å². The summed E-state index contributed by atoms with van der Waals surface area (Å²) in [5, 5.41) is 9.51. The number of benzene rings is 2. The van der Waals surface area contributed by atoms with Crippen molar-refractivity contribution >= 4 is 15.9 Å². The number of rotatable bonds is 4. The summed E-state index contributed by atoms with van der Waals surface area (Å²) >= 11 is 0. The molecule has 2 fully saturated rings. The summed E-state index contributed by atoms with van der Waals surface area (Å²) < 4.78 is 28.6. The van der Waals surface area contributed by atoms with E-state index in [1.807, 2.05) is 50.8 Å². The molecule has 2 heterocycles. The van der Waals surface area contributed by atoms with Crippen LogP contribution in [-0.2, 0) is 14.8 Å². The van der Waals surface area contributed by atoms with E-state index < -0.39 is 10.0 Å². The van der Waals surface area contributed by atoms with Gasteiger partial charge in [-0.3, -0.25) is 4.79 Å². The lowest BCUT2D eigenvalue weighted by atomic mass is 9.88. The van der Waals surface area contributed by atoms with E-state index in [-0.39, 0.29) is 17.6 Å². The molecule has 1 amide bonds. The molecule has 0 aliphatic carbocycles. The van der Waals surface area contributed by atoms with Crippen LogP contribution in [0.4, 0.5) is 0 Å². The van der Waals surface area contributed by atoms with Gasteiger partial charge >= 0.3 is 0 Å². The molecule has 2 aliphatic rings. The minimum Gasteiger partial charge on any atom is -0.508 e. The first-order chi connectivity index (χ1) is 16.1. The number of hydrogen-bond donors (Lipinski definition) is 1. The van der Waals surface area contributed by atoms with Gasteiger partial charge in [0.1, 0.15) is 5.75 Å². The second kappa shape index (κ2) is 9.70. The van der Waals surface area contributed by atoms with E-state index >= 15 is 0 Å². The van der Waals surface area contributed by atoms with Crippen LogP contribution in [0.25, 0.3) is 0 Å². The normalized spacial score (nSPS) is 18.9. The Bertz CT molecular complexity index is 1130. The zero-order valence-corrected chi connectivity index (χ0v) is 21.5. The number of carbonyl (C=O) groups excluding carboxylic acids is 1. The zero-order valence-electron chi connectivity index (χ0n) is 20.7. The van der Waals surface area contributed by atoms with E-state index in [1.165, 1.54) is 5.56 Å². The smallest absolute Gasteiger partial charge is 0.243 e. The maximum Gasteiger partial charge on any atom is 0.243 e. The standard InChI is InChI=1S/C27H36N2O4S/c1-18-17-19(2)21(4)26(20(18)3)34(32,33)29-15-11-24(12-16-29)27(31)28-13-9-23(10-14-28)22-5-7-25(30)8-6-22/h5-8,17,23-24,30H,9-16H2,1-4H3. The molecule has 0 spiro atoms. The van der Waals surface area contributed by atoms with E-state index in [0.29, 0.717) is 36.7 Å². The van der Waals surface area contributed by atoms with E-state index in [2.05, 4.69) is 0 Å². The maximum atomic E-state index is 13.5. The lowest BCUT2D eigenvalue weighted by Crippen LogP contribution is -2.46. The monoisotopic (exact) mass is 484 g/mol. The number of phenols is 1. The third-order valence-electron chi connectivity index (χ3n) is 7.87. The van der Waals surface area contributed by atoms with Crippen LogP contribution in [0.2, 0.25) is 0 Å². The van der Waals surface area contributed by atoms with Crippen molar-refractivity contribution < 1.29 is 18.3 Å². The molecule has 0 unspecified atom stereocenters. The lowest BCUT2D eigenvalue weighted by molar-refractivity contribution is -0.137. The molecule has 4 rings (SSSR count). The van der Waals surface area contributed by atoms with Crippen LogP contribution in [0.15, 0.2) is 35.2 Å². The first-order valence-electron chi connectivity index (χ1n) is 12.2. The number of sulfonamides is 1. The minimum atomic E-state index is -3.59. The Balaban J connectivity index is 1.37. The van der Waals surface area contributed by atoms with Crippen LogP contribution in [0, 0.1) is 33.6 Å². The lowest BCUT2D eigenvalue weighted by Gasteiger charge is -2.37. The molecule has 1 N–H and O–H groups in total. The van der Waals surface area contributed by atoms with Crippen molar-refractivity contribution in [2.24, 2.45) is 5.92 Å². The van der Waals surface area contributed by atoms with E-state index in [0.717, 1.165) is 48.2 Å². The number of carbonyl (C=O) groups is 1. The average Bonchev–Trinajstić information content (AvgIpc) is 2.83. The molecule has 2 aliphatic heterocycles. The van der Waals surface area contributed by atoms with E-state index in [4.69, 9.17) is 0 Å². The quantitative estimate of drug-likeness (QED) is 0.696. The van der Waals surface area contributed by atoms with Gasteiger partial charge in [-0.05, 0) is 99.2 Å². The van der Waals surface area contributed by atoms with Gasteiger partial charge in [-0.25, -0.2) is 8.42 Å². The summed E-state index contributed by atoms with van der Waals surface area (Å²) in [5.74, 6) is 0.728. The summed E-state index contributed by atoms with van der Waals surface area (Å²) in [5.41, 5.74) is 4.82. The number of hydrogen-bond acceptors (Lipinski definition) is 4. The SMILES string of the molecule is Cc1cc(C)c(C)c(S(=O)(=O)N2CCC(C(=O)N3CCC(c4ccc(O)cc4)CC3)CC2)c1C. The first-order valence-corrected chi connectivity index (χ1v) is 13.7. The number of phenolic OH excluding ortho intramolecular Hbond substituents is 1. The highest BCUT2D eigenvalue weighted by molar-refractivity contribution is 7.89. The molecule has 2 aromatic carbocycles. The van der Waals surface area contributed by atoms with Crippen molar-refractivity contribution in [2.75, 3.05) is 26.2 Å². The fraction of sp³-hybridized carbons (Fsp3) is 0.519. The van der Waals surface area contributed by atoms with Gasteiger partial charge in [0.25, 0.3) is 0 Å². The van der Waals surface area contributed by atoms with Crippen LogP contribution in [0.1, 0.15) is 59.4 Å². The third-order valence-corrected chi connectivity index (χ3v) is 10.0. The Labute approximate surface area is 203 Å². The molecule has 7 heteroatoms. The molecule has 0 saturated carbocycles. The summed E-state index contributed by atoms with van der Waals surface area (Å²) in [6, 6.07) is 9.41. The second-order valence-electron chi connectivity index (χ2n) is 9.96. The summed E-state index contributed by atoms with van der Waals surface area (Å²) in [6.07, 6.45) is 2.96.